The maximum Gasteiger partial charge on any atom is 0.272 e. The molecule has 0 saturated carbocycles. The van der Waals surface area contributed by atoms with Gasteiger partial charge in [-0.05, 0) is 45.0 Å². The Morgan fingerprint density at radius 1 is 0.727 bits per heavy atom. The van der Waals surface area contributed by atoms with Gasteiger partial charge in [0, 0.05) is 0 Å². The van der Waals surface area contributed by atoms with E-state index in [2.05, 4.69) is 0 Å². The molecular formula is C18H22O4. The van der Waals surface area contributed by atoms with Gasteiger partial charge in [0.05, 0.1) is 5.60 Å². The summed E-state index contributed by atoms with van der Waals surface area (Å²) in [4.78, 5) is 0. The van der Waals surface area contributed by atoms with Gasteiger partial charge in [0.2, 0.25) is 0 Å². The van der Waals surface area contributed by atoms with Crippen molar-refractivity contribution in [2.45, 2.75) is 38.3 Å². The van der Waals surface area contributed by atoms with E-state index in [4.69, 9.17) is 9.47 Å². The van der Waals surface area contributed by atoms with E-state index in [-0.39, 0.29) is 0 Å². The molecule has 0 saturated heterocycles. The molecular weight excluding hydrogens is 280 g/mol. The normalized spacial score (nSPS) is 14.5. The Morgan fingerprint density at radius 2 is 1.09 bits per heavy atom. The van der Waals surface area contributed by atoms with Gasteiger partial charge in [0.1, 0.15) is 11.5 Å². The molecule has 0 spiro atoms. The lowest BCUT2D eigenvalue weighted by atomic mass is 9.87. The molecule has 0 aliphatic rings. The molecule has 0 aliphatic heterocycles. The van der Waals surface area contributed by atoms with Gasteiger partial charge in [-0.2, -0.15) is 0 Å². The minimum Gasteiger partial charge on any atom is -0.452 e. The summed E-state index contributed by atoms with van der Waals surface area (Å²) in [6, 6.07) is 18.1. The first-order valence-electron chi connectivity index (χ1n) is 7.19. The molecule has 2 aromatic rings. The van der Waals surface area contributed by atoms with Crippen molar-refractivity contribution in [1.29, 1.82) is 0 Å². The molecule has 2 N–H and O–H groups in total. The first-order chi connectivity index (χ1) is 10.3. The van der Waals surface area contributed by atoms with Crippen LogP contribution in [-0.2, 0) is 0 Å². The Kier molecular flexibility index (Phi) is 4.74. The van der Waals surface area contributed by atoms with Crippen LogP contribution in [-0.4, -0.2) is 27.7 Å². The molecule has 118 valence electrons. The fraction of sp³-hybridized carbons (Fsp3) is 0.333. The fourth-order valence-corrected chi connectivity index (χ4v) is 1.79. The Labute approximate surface area is 130 Å². The van der Waals surface area contributed by atoms with Gasteiger partial charge in [0.15, 0.2) is 5.60 Å². The molecule has 0 heterocycles. The van der Waals surface area contributed by atoms with Gasteiger partial charge in [-0.15, -0.1) is 0 Å². The largest absolute Gasteiger partial charge is 0.452 e. The summed E-state index contributed by atoms with van der Waals surface area (Å²) in [5.41, 5.74) is -3.04. The molecule has 22 heavy (non-hydrogen) atoms. The predicted molar refractivity (Wildman–Crippen MR) is 84.8 cm³/mol. The minimum absolute atomic E-state index is 0.549. The number of ether oxygens (including phenoxy) is 2. The molecule has 4 heteroatoms. The molecule has 0 aliphatic carbocycles. The van der Waals surface area contributed by atoms with Crippen LogP contribution in [0.5, 0.6) is 11.5 Å². The second-order valence-electron chi connectivity index (χ2n) is 5.90. The quantitative estimate of drug-likeness (QED) is 0.805. The summed E-state index contributed by atoms with van der Waals surface area (Å²) in [6.45, 7) is 4.52. The van der Waals surface area contributed by atoms with Crippen molar-refractivity contribution in [2.24, 2.45) is 0 Å². The van der Waals surface area contributed by atoms with Crippen molar-refractivity contribution in [3.05, 3.63) is 60.7 Å². The lowest BCUT2D eigenvalue weighted by molar-refractivity contribution is -0.222. The number of hydrogen-bond acceptors (Lipinski definition) is 4. The summed E-state index contributed by atoms with van der Waals surface area (Å²) >= 11 is 0. The minimum atomic E-state index is -1.63. The highest BCUT2D eigenvalue weighted by molar-refractivity contribution is 5.24. The molecule has 0 bridgehead atoms. The van der Waals surface area contributed by atoms with Crippen LogP contribution in [0.25, 0.3) is 0 Å². The number of rotatable bonds is 6. The highest BCUT2D eigenvalue weighted by Crippen LogP contribution is 2.30. The molecule has 2 aromatic carbocycles. The molecule has 4 nitrogen and oxygen atoms in total. The van der Waals surface area contributed by atoms with Crippen LogP contribution in [0.1, 0.15) is 20.8 Å². The summed E-state index contributed by atoms with van der Waals surface area (Å²) < 4.78 is 11.6. The summed E-state index contributed by atoms with van der Waals surface area (Å²) in [5, 5.41) is 21.0. The lowest BCUT2D eigenvalue weighted by Crippen LogP contribution is -2.60. The van der Waals surface area contributed by atoms with Gasteiger partial charge < -0.3 is 19.7 Å². The van der Waals surface area contributed by atoms with Crippen LogP contribution in [0.2, 0.25) is 0 Å². The van der Waals surface area contributed by atoms with Gasteiger partial charge >= 0.3 is 0 Å². The maximum atomic E-state index is 10.7. The maximum absolute atomic E-state index is 10.7. The third-order valence-electron chi connectivity index (χ3n) is 3.67. The number of aliphatic hydroxyl groups is 2. The van der Waals surface area contributed by atoms with E-state index < -0.39 is 17.5 Å². The van der Waals surface area contributed by atoms with Crippen molar-refractivity contribution in [3.63, 3.8) is 0 Å². The van der Waals surface area contributed by atoms with E-state index in [1.807, 2.05) is 36.4 Å². The zero-order chi connectivity index (χ0) is 16.2. The second kappa shape index (κ2) is 6.38. The Balaban J connectivity index is 2.28. The summed E-state index contributed by atoms with van der Waals surface area (Å²) in [7, 11) is 0. The number of benzene rings is 2. The van der Waals surface area contributed by atoms with Crippen molar-refractivity contribution in [3.8, 4) is 11.5 Å². The van der Waals surface area contributed by atoms with Gasteiger partial charge in [-0.3, -0.25) is 0 Å². The molecule has 1 unspecified atom stereocenters. The summed E-state index contributed by atoms with van der Waals surface area (Å²) in [6.07, 6.45) is -1.07. The van der Waals surface area contributed by atoms with Gasteiger partial charge in [-0.1, -0.05) is 36.4 Å². The van der Waals surface area contributed by atoms with Crippen molar-refractivity contribution >= 4 is 0 Å². The van der Waals surface area contributed by atoms with Crippen molar-refractivity contribution < 1.29 is 19.7 Å². The van der Waals surface area contributed by atoms with Crippen molar-refractivity contribution in [1.82, 2.24) is 0 Å². The van der Waals surface area contributed by atoms with Crippen LogP contribution in [0.3, 0.4) is 0 Å². The predicted octanol–water partition coefficient (Wildman–Crippen LogP) is 2.99. The van der Waals surface area contributed by atoms with E-state index >= 15 is 0 Å². The Morgan fingerprint density at radius 3 is 1.41 bits per heavy atom. The summed E-state index contributed by atoms with van der Waals surface area (Å²) in [5.74, 6) is 1.10. The zero-order valence-corrected chi connectivity index (χ0v) is 13.1. The first-order valence-corrected chi connectivity index (χ1v) is 7.19. The van der Waals surface area contributed by atoms with Crippen molar-refractivity contribution in [2.75, 3.05) is 0 Å². The second-order valence-corrected chi connectivity index (χ2v) is 5.90. The monoisotopic (exact) mass is 302 g/mol. The highest BCUT2D eigenvalue weighted by atomic mass is 16.7. The molecule has 0 aromatic heterocycles. The highest BCUT2D eigenvalue weighted by Gasteiger charge is 2.48. The molecule has 0 radical (unpaired) electrons. The van der Waals surface area contributed by atoms with Crippen LogP contribution in [0, 0.1) is 0 Å². The average Bonchev–Trinajstić information content (AvgIpc) is 2.47. The number of para-hydroxylation sites is 2. The molecule has 1 atom stereocenters. The Hall–Kier alpha value is -2.04. The topological polar surface area (TPSA) is 58.9 Å². The smallest absolute Gasteiger partial charge is 0.272 e. The standard InChI is InChI=1S/C18H22O4/c1-17(2,19)18(3,20)16(21-14-10-6-4-7-11-14)22-15-12-8-5-9-13-15/h4-13,16,19-20H,1-3H3. The van der Waals surface area contributed by atoms with E-state index in [1.165, 1.54) is 20.8 Å². The van der Waals surface area contributed by atoms with E-state index in [0.29, 0.717) is 11.5 Å². The van der Waals surface area contributed by atoms with Crippen LogP contribution < -0.4 is 9.47 Å². The van der Waals surface area contributed by atoms with E-state index in [9.17, 15) is 10.2 Å². The van der Waals surface area contributed by atoms with Crippen LogP contribution in [0.4, 0.5) is 0 Å². The first kappa shape index (κ1) is 16.3. The third kappa shape index (κ3) is 3.78. The van der Waals surface area contributed by atoms with E-state index in [1.54, 1.807) is 24.3 Å². The SMILES string of the molecule is CC(C)(O)C(C)(O)C(Oc1ccccc1)Oc1ccccc1. The molecule has 2 rings (SSSR count). The lowest BCUT2D eigenvalue weighted by Gasteiger charge is -2.40. The molecule has 0 fully saturated rings. The van der Waals surface area contributed by atoms with Gasteiger partial charge in [-0.25, -0.2) is 0 Å². The van der Waals surface area contributed by atoms with Crippen LogP contribution >= 0.6 is 0 Å². The Bertz CT molecular complexity index is 532. The van der Waals surface area contributed by atoms with E-state index in [0.717, 1.165) is 0 Å². The third-order valence-corrected chi connectivity index (χ3v) is 3.67. The van der Waals surface area contributed by atoms with Gasteiger partial charge in [0.25, 0.3) is 6.29 Å². The zero-order valence-electron chi connectivity index (χ0n) is 13.1. The fourth-order valence-electron chi connectivity index (χ4n) is 1.79. The van der Waals surface area contributed by atoms with Crippen LogP contribution in [0.15, 0.2) is 60.7 Å². The number of hydrogen-bond donors (Lipinski definition) is 2. The molecule has 0 amide bonds. The average molecular weight is 302 g/mol.